The van der Waals surface area contributed by atoms with Gasteiger partial charge in [-0.1, -0.05) is 11.6 Å². The van der Waals surface area contributed by atoms with Crippen molar-refractivity contribution in [2.75, 3.05) is 13.1 Å². The van der Waals surface area contributed by atoms with E-state index in [2.05, 4.69) is 0 Å². The number of hydrogen-bond donors (Lipinski definition) is 2. The largest absolute Gasteiger partial charge is 0.478 e. The Labute approximate surface area is 121 Å². The summed E-state index contributed by atoms with van der Waals surface area (Å²) in [6.45, 7) is 0.331. The number of hydrogen-bond acceptors (Lipinski definition) is 4. The third kappa shape index (κ3) is 2.95. The van der Waals surface area contributed by atoms with Crippen LogP contribution in [-0.2, 0) is 10.0 Å². The van der Waals surface area contributed by atoms with Crippen LogP contribution in [0.2, 0.25) is 5.02 Å². The van der Waals surface area contributed by atoms with E-state index in [1.165, 1.54) is 12.1 Å². The topological polar surface area (TPSA) is 94.9 Å². The number of halogens is 1. The molecule has 20 heavy (non-hydrogen) atoms. The first-order valence-electron chi connectivity index (χ1n) is 6.03. The number of benzene rings is 1. The first kappa shape index (κ1) is 15.2. The van der Waals surface area contributed by atoms with E-state index in [0.29, 0.717) is 19.4 Å². The van der Waals surface area contributed by atoms with Gasteiger partial charge in [0, 0.05) is 13.1 Å². The zero-order chi connectivity index (χ0) is 14.9. The van der Waals surface area contributed by atoms with Crippen LogP contribution >= 0.6 is 11.6 Å². The summed E-state index contributed by atoms with van der Waals surface area (Å²) in [5.74, 6) is -1.29. The fourth-order valence-corrected chi connectivity index (χ4v) is 3.86. The average Bonchev–Trinajstić information content (AvgIpc) is 2.38. The summed E-state index contributed by atoms with van der Waals surface area (Å²) in [4.78, 5) is 10.9. The van der Waals surface area contributed by atoms with Crippen molar-refractivity contribution in [1.29, 1.82) is 0 Å². The van der Waals surface area contributed by atoms with E-state index >= 15 is 0 Å². The van der Waals surface area contributed by atoms with Crippen LogP contribution in [0.15, 0.2) is 23.1 Å². The molecule has 1 saturated heterocycles. The minimum Gasteiger partial charge on any atom is -0.478 e. The molecule has 2 rings (SSSR count). The molecule has 1 aromatic carbocycles. The van der Waals surface area contributed by atoms with Gasteiger partial charge in [-0.3, -0.25) is 0 Å². The van der Waals surface area contributed by atoms with Gasteiger partial charge in [0.1, 0.15) is 0 Å². The Kier molecular flexibility index (Phi) is 4.33. The third-order valence-electron chi connectivity index (χ3n) is 3.17. The molecule has 0 radical (unpaired) electrons. The van der Waals surface area contributed by atoms with Gasteiger partial charge in [-0.15, -0.1) is 0 Å². The summed E-state index contributed by atoms with van der Waals surface area (Å²) in [7, 11) is -3.82. The lowest BCUT2D eigenvalue weighted by Crippen LogP contribution is -2.42. The predicted octanol–water partition coefficient (Wildman–Crippen LogP) is 1.18. The molecule has 0 saturated carbocycles. The van der Waals surface area contributed by atoms with Gasteiger partial charge in [0.15, 0.2) is 0 Å². The Bertz CT molecular complexity index is 631. The number of carbonyl (C=O) groups is 1. The van der Waals surface area contributed by atoms with Crippen LogP contribution < -0.4 is 0 Å². The molecule has 0 amide bonds. The SMILES string of the molecule is O=C(O)c1cc(S(=O)(=O)N2CCC[C@H](O)C2)ccc1Cl. The molecule has 1 aromatic rings. The van der Waals surface area contributed by atoms with Crippen LogP contribution in [0.5, 0.6) is 0 Å². The number of carboxylic acid groups (broad SMARTS) is 1. The number of aliphatic hydroxyl groups excluding tert-OH is 1. The molecular weight excluding hydrogens is 306 g/mol. The summed E-state index contributed by atoms with van der Waals surface area (Å²) in [6.07, 6.45) is 0.442. The number of nitrogens with zero attached hydrogens (tertiary/aromatic N) is 1. The van der Waals surface area contributed by atoms with Crippen LogP contribution in [0.1, 0.15) is 23.2 Å². The maximum Gasteiger partial charge on any atom is 0.337 e. The van der Waals surface area contributed by atoms with Gasteiger partial charge >= 0.3 is 5.97 Å². The zero-order valence-electron chi connectivity index (χ0n) is 10.5. The van der Waals surface area contributed by atoms with E-state index in [0.717, 1.165) is 10.4 Å². The van der Waals surface area contributed by atoms with Crippen LogP contribution in [0.25, 0.3) is 0 Å². The quantitative estimate of drug-likeness (QED) is 0.872. The highest BCUT2D eigenvalue weighted by atomic mass is 35.5. The first-order chi connectivity index (χ1) is 9.32. The molecule has 1 aliphatic rings. The van der Waals surface area contributed by atoms with Crippen molar-refractivity contribution in [3.05, 3.63) is 28.8 Å². The fraction of sp³-hybridized carbons (Fsp3) is 0.417. The molecular formula is C12H14ClNO5S. The maximum absolute atomic E-state index is 12.4. The highest BCUT2D eigenvalue weighted by molar-refractivity contribution is 7.89. The molecule has 1 aliphatic heterocycles. The Balaban J connectivity index is 2.39. The standard InChI is InChI=1S/C12H14ClNO5S/c13-11-4-3-9(6-10(11)12(16)17)20(18,19)14-5-1-2-8(15)7-14/h3-4,6,8,15H,1-2,5,7H2,(H,16,17)/t8-/m0/s1. The van der Waals surface area contributed by atoms with E-state index < -0.39 is 22.1 Å². The maximum atomic E-state index is 12.4. The summed E-state index contributed by atoms with van der Waals surface area (Å²) in [5, 5.41) is 18.5. The monoisotopic (exact) mass is 319 g/mol. The zero-order valence-corrected chi connectivity index (χ0v) is 12.1. The Morgan fingerprint density at radius 3 is 2.70 bits per heavy atom. The molecule has 0 unspecified atom stereocenters. The summed E-state index contributed by atoms with van der Waals surface area (Å²) >= 11 is 5.72. The molecule has 8 heteroatoms. The molecule has 110 valence electrons. The molecule has 0 aromatic heterocycles. The second kappa shape index (κ2) is 5.69. The van der Waals surface area contributed by atoms with Gasteiger partial charge in [-0.25, -0.2) is 13.2 Å². The molecule has 1 fully saturated rings. The van der Waals surface area contributed by atoms with Crippen LogP contribution in [0, 0.1) is 0 Å². The molecule has 0 spiro atoms. The molecule has 0 bridgehead atoms. The molecule has 2 N–H and O–H groups in total. The smallest absolute Gasteiger partial charge is 0.337 e. The minimum absolute atomic E-state index is 0.0184. The summed E-state index contributed by atoms with van der Waals surface area (Å²) in [5.41, 5.74) is -0.259. The average molecular weight is 320 g/mol. The van der Waals surface area contributed by atoms with Crippen molar-refractivity contribution < 1.29 is 23.4 Å². The highest BCUT2D eigenvalue weighted by Gasteiger charge is 2.30. The van der Waals surface area contributed by atoms with Crippen LogP contribution in [-0.4, -0.2) is 48.1 Å². The minimum atomic E-state index is -3.82. The normalized spacial score (nSPS) is 20.8. The number of carboxylic acids is 1. The second-order valence-corrected chi connectivity index (χ2v) is 6.95. The van der Waals surface area contributed by atoms with Gasteiger partial charge < -0.3 is 10.2 Å². The van der Waals surface area contributed by atoms with Crippen molar-refractivity contribution in [3.8, 4) is 0 Å². The number of sulfonamides is 1. The predicted molar refractivity (Wildman–Crippen MR) is 72.4 cm³/mol. The highest BCUT2D eigenvalue weighted by Crippen LogP contribution is 2.25. The second-order valence-electron chi connectivity index (χ2n) is 4.61. The van der Waals surface area contributed by atoms with Crippen LogP contribution in [0.4, 0.5) is 0 Å². The fourth-order valence-electron chi connectivity index (χ4n) is 2.12. The summed E-state index contributed by atoms with van der Waals surface area (Å²) < 4.78 is 26.0. The van der Waals surface area contributed by atoms with Crippen molar-refractivity contribution >= 4 is 27.6 Å². The van der Waals surface area contributed by atoms with Crippen molar-refractivity contribution in [2.45, 2.75) is 23.8 Å². The molecule has 0 aliphatic carbocycles. The van der Waals surface area contributed by atoms with E-state index in [1.807, 2.05) is 0 Å². The lowest BCUT2D eigenvalue weighted by molar-refractivity contribution is 0.0696. The molecule has 1 atom stereocenters. The third-order valence-corrected chi connectivity index (χ3v) is 5.36. The van der Waals surface area contributed by atoms with Gasteiger partial charge in [0.2, 0.25) is 10.0 Å². The number of rotatable bonds is 3. The van der Waals surface area contributed by atoms with Crippen molar-refractivity contribution in [1.82, 2.24) is 4.31 Å². The van der Waals surface area contributed by atoms with E-state index in [9.17, 15) is 18.3 Å². The number of aliphatic hydroxyl groups is 1. The molecule has 6 nitrogen and oxygen atoms in total. The van der Waals surface area contributed by atoms with Crippen molar-refractivity contribution in [2.24, 2.45) is 0 Å². The van der Waals surface area contributed by atoms with E-state index in [1.54, 1.807) is 0 Å². The Hall–Kier alpha value is -1.15. The Morgan fingerprint density at radius 1 is 1.40 bits per heavy atom. The number of piperidine rings is 1. The van der Waals surface area contributed by atoms with Gasteiger partial charge in [0.05, 0.1) is 21.6 Å². The van der Waals surface area contributed by atoms with Gasteiger partial charge in [-0.05, 0) is 31.0 Å². The van der Waals surface area contributed by atoms with Gasteiger partial charge in [0.25, 0.3) is 0 Å². The van der Waals surface area contributed by atoms with Crippen LogP contribution in [0.3, 0.4) is 0 Å². The van der Waals surface area contributed by atoms with Gasteiger partial charge in [-0.2, -0.15) is 4.31 Å². The summed E-state index contributed by atoms with van der Waals surface area (Å²) in [6, 6.07) is 3.56. The number of β-amino-alcohol motifs (C(OH)–C–C–N with tert-alkyl or cyclic N) is 1. The first-order valence-corrected chi connectivity index (χ1v) is 7.85. The van der Waals surface area contributed by atoms with E-state index in [4.69, 9.17) is 16.7 Å². The number of aromatic carboxylic acids is 1. The molecule has 1 heterocycles. The lowest BCUT2D eigenvalue weighted by Gasteiger charge is -2.29. The van der Waals surface area contributed by atoms with E-state index in [-0.39, 0.29) is 22.0 Å². The lowest BCUT2D eigenvalue weighted by atomic mass is 10.1. The van der Waals surface area contributed by atoms with Crippen molar-refractivity contribution in [3.63, 3.8) is 0 Å². The Morgan fingerprint density at radius 2 is 2.10 bits per heavy atom.